The first-order chi connectivity index (χ1) is 8.81. The third-order valence-corrected chi connectivity index (χ3v) is 3.37. The van der Waals surface area contributed by atoms with Gasteiger partial charge in [0.05, 0.1) is 0 Å². The first kappa shape index (κ1) is 17.5. The summed E-state index contributed by atoms with van der Waals surface area (Å²) in [4.78, 5) is 0. The van der Waals surface area contributed by atoms with E-state index in [2.05, 4.69) is 13.8 Å². The minimum atomic E-state index is 0.694. The first-order valence-electron chi connectivity index (χ1n) is 8.08. The van der Waals surface area contributed by atoms with Crippen LogP contribution in [0.5, 0.6) is 0 Å². The Hall–Kier alpha value is -0.530. The van der Waals surface area contributed by atoms with Crippen molar-refractivity contribution in [1.82, 2.24) is 0 Å². The molecule has 0 saturated carbocycles. The lowest BCUT2D eigenvalue weighted by Gasteiger charge is -2.04. The standard InChI is InChI=1S/C16H33NO/c1-3-5-7-9-10-12-14-16-17(18)15-13-11-8-6-4-2/h16H,3-15H2,1-2H3. The molecule has 0 radical (unpaired) electrons. The van der Waals surface area contributed by atoms with E-state index in [1.54, 1.807) is 0 Å². The lowest BCUT2D eigenvalue weighted by atomic mass is 10.1. The minimum Gasteiger partial charge on any atom is -0.624 e. The summed E-state index contributed by atoms with van der Waals surface area (Å²) in [6, 6.07) is 0. The first-order valence-corrected chi connectivity index (χ1v) is 8.08. The predicted molar refractivity (Wildman–Crippen MR) is 81.3 cm³/mol. The largest absolute Gasteiger partial charge is 0.624 e. The quantitative estimate of drug-likeness (QED) is 0.144. The number of unbranched alkanes of at least 4 members (excludes halogenated alkanes) is 10. The van der Waals surface area contributed by atoms with Gasteiger partial charge >= 0.3 is 0 Å². The van der Waals surface area contributed by atoms with Crippen LogP contribution in [0.4, 0.5) is 0 Å². The molecule has 0 bridgehead atoms. The zero-order chi connectivity index (χ0) is 13.5. The van der Waals surface area contributed by atoms with Gasteiger partial charge in [0.1, 0.15) is 0 Å². The third-order valence-electron chi connectivity index (χ3n) is 3.37. The fraction of sp³-hybridized carbons (Fsp3) is 0.938. The van der Waals surface area contributed by atoms with E-state index in [9.17, 15) is 5.21 Å². The molecule has 108 valence electrons. The van der Waals surface area contributed by atoms with Crippen molar-refractivity contribution in [3.05, 3.63) is 5.21 Å². The summed E-state index contributed by atoms with van der Waals surface area (Å²) in [6.45, 7) is 5.15. The summed E-state index contributed by atoms with van der Waals surface area (Å²) < 4.78 is 1.15. The summed E-state index contributed by atoms with van der Waals surface area (Å²) in [7, 11) is 0. The molecule has 0 amide bonds. The van der Waals surface area contributed by atoms with E-state index in [1.807, 2.05) is 6.21 Å². The van der Waals surface area contributed by atoms with Gasteiger partial charge < -0.3 is 5.21 Å². The molecule has 0 aliphatic carbocycles. The van der Waals surface area contributed by atoms with Crippen LogP contribution >= 0.6 is 0 Å². The van der Waals surface area contributed by atoms with Crippen LogP contribution in [0.1, 0.15) is 90.9 Å². The molecule has 0 aromatic carbocycles. The van der Waals surface area contributed by atoms with Crippen LogP contribution in [0.2, 0.25) is 0 Å². The molecule has 18 heavy (non-hydrogen) atoms. The van der Waals surface area contributed by atoms with Gasteiger partial charge in [-0.25, -0.2) is 4.74 Å². The van der Waals surface area contributed by atoms with E-state index in [0.29, 0.717) is 6.54 Å². The van der Waals surface area contributed by atoms with E-state index >= 15 is 0 Å². The highest BCUT2D eigenvalue weighted by atomic mass is 16.5. The van der Waals surface area contributed by atoms with Crippen LogP contribution in [0, 0.1) is 5.21 Å². The lowest BCUT2D eigenvalue weighted by Crippen LogP contribution is -2.06. The van der Waals surface area contributed by atoms with Crippen LogP contribution < -0.4 is 0 Å². The Labute approximate surface area is 114 Å². The molecule has 2 heteroatoms. The number of rotatable bonds is 13. The zero-order valence-corrected chi connectivity index (χ0v) is 12.6. The molecule has 2 nitrogen and oxygen atoms in total. The van der Waals surface area contributed by atoms with E-state index in [0.717, 1.165) is 17.6 Å². The van der Waals surface area contributed by atoms with Crippen molar-refractivity contribution in [1.29, 1.82) is 0 Å². The van der Waals surface area contributed by atoms with Gasteiger partial charge in [0.15, 0.2) is 12.8 Å². The molecule has 0 atom stereocenters. The molecular weight excluding hydrogens is 222 g/mol. The smallest absolute Gasteiger partial charge is 0.153 e. The topological polar surface area (TPSA) is 26.1 Å². The molecule has 0 unspecified atom stereocenters. The Bertz CT molecular complexity index is 190. The van der Waals surface area contributed by atoms with Crippen LogP contribution in [0.15, 0.2) is 0 Å². The van der Waals surface area contributed by atoms with Gasteiger partial charge in [-0.1, -0.05) is 65.2 Å². The maximum Gasteiger partial charge on any atom is 0.153 e. The lowest BCUT2D eigenvalue weighted by molar-refractivity contribution is -0.454. The van der Waals surface area contributed by atoms with E-state index in [-0.39, 0.29) is 0 Å². The highest BCUT2D eigenvalue weighted by molar-refractivity contribution is 5.50. The molecule has 0 fully saturated rings. The Morgan fingerprint density at radius 1 is 0.722 bits per heavy atom. The highest BCUT2D eigenvalue weighted by Crippen LogP contribution is 2.06. The number of hydrogen-bond donors (Lipinski definition) is 0. The molecule has 0 aromatic heterocycles. The van der Waals surface area contributed by atoms with Gasteiger partial charge in [-0.15, -0.1) is 0 Å². The molecule has 0 saturated heterocycles. The van der Waals surface area contributed by atoms with E-state index in [1.165, 1.54) is 64.2 Å². The van der Waals surface area contributed by atoms with Crippen LogP contribution in [-0.4, -0.2) is 17.5 Å². The number of nitrogens with zero attached hydrogens (tertiary/aromatic N) is 1. The second-order valence-electron chi connectivity index (χ2n) is 5.29. The summed E-state index contributed by atoms with van der Waals surface area (Å²) in [5.41, 5.74) is 0. The van der Waals surface area contributed by atoms with Crippen LogP contribution in [0.25, 0.3) is 0 Å². The van der Waals surface area contributed by atoms with Crippen molar-refractivity contribution < 1.29 is 4.74 Å². The van der Waals surface area contributed by atoms with Crippen molar-refractivity contribution in [2.75, 3.05) is 6.54 Å². The molecule has 0 rings (SSSR count). The Kier molecular flexibility index (Phi) is 14.1. The third kappa shape index (κ3) is 13.5. The molecule has 0 aliphatic rings. The monoisotopic (exact) mass is 255 g/mol. The van der Waals surface area contributed by atoms with Crippen LogP contribution in [-0.2, 0) is 0 Å². The second-order valence-corrected chi connectivity index (χ2v) is 5.29. The van der Waals surface area contributed by atoms with Gasteiger partial charge in [-0.05, 0) is 12.8 Å². The molecular formula is C16H33NO. The average Bonchev–Trinajstić information content (AvgIpc) is 2.37. The van der Waals surface area contributed by atoms with E-state index in [4.69, 9.17) is 0 Å². The zero-order valence-electron chi connectivity index (χ0n) is 12.6. The summed E-state index contributed by atoms with van der Waals surface area (Å²) in [6.07, 6.45) is 16.7. The molecule has 0 aromatic rings. The van der Waals surface area contributed by atoms with Crippen molar-refractivity contribution in [3.63, 3.8) is 0 Å². The maximum absolute atomic E-state index is 11.5. The molecule has 0 spiro atoms. The SMILES string of the molecule is CCCCCCCCC=[N+]([O-])CCCCCCC. The Morgan fingerprint density at radius 3 is 1.83 bits per heavy atom. The molecule has 0 N–H and O–H groups in total. The maximum atomic E-state index is 11.5. The van der Waals surface area contributed by atoms with Gasteiger partial charge in [0, 0.05) is 12.8 Å². The molecule has 0 heterocycles. The Morgan fingerprint density at radius 2 is 1.22 bits per heavy atom. The highest BCUT2D eigenvalue weighted by Gasteiger charge is 1.95. The Balaban J connectivity index is 3.25. The van der Waals surface area contributed by atoms with Crippen molar-refractivity contribution >= 4 is 6.21 Å². The summed E-state index contributed by atoms with van der Waals surface area (Å²) in [5.74, 6) is 0. The number of hydrogen-bond acceptors (Lipinski definition) is 1. The summed E-state index contributed by atoms with van der Waals surface area (Å²) >= 11 is 0. The second kappa shape index (κ2) is 14.5. The van der Waals surface area contributed by atoms with Gasteiger partial charge in [0.2, 0.25) is 0 Å². The van der Waals surface area contributed by atoms with Crippen LogP contribution in [0.3, 0.4) is 0 Å². The summed E-state index contributed by atoms with van der Waals surface area (Å²) in [5, 5.41) is 11.5. The normalized spacial score (nSPS) is 12.0. The van der Waals surface area contributed by atoms with Gasteiger partial charge in [-0.2, -0.15) is 0 Å². The molecule has 0 aliphatic heterocycles. The van der Waals surface area contributed by atoms with Crippen molar-refractivity contribution in [2.24, 2.45) is 0 Å². The average molecular weight is 255 g/mol. The fourth-order valence-corrected chi connectivity index (χ4v) is 2.12. The predicted octanol–water partition coefficient (Wildman–Crippen LogP) is 5.29. The minimum absolute atomic E-state index is 0.694. The number of hydroxylamine groups is 1. The van der Waals surface area contributed by atoms with Gasteiger partial charge in [0.25, 0.3) is 0 Å². The van der Waals surface area contributed by atoms with Gasteiger partial charge in [-0.3, -0.25) is 0 Å². The van der Waals surface area contributed by atoms with E-state index < -0.39 is 0 Å². The van der Waals surface area contributed by atoms with Crippen molar-refractivity contribution in [3.8, 4) is 0 Å². The van der Waals surface area contributed by atoms with Crippen molar-refractivity contribution in [2.45, 2.75) is 90.9 Å². The fourth-order valence-electron chi connectivity index (χ4n) is 2.12.